The van der Waals surface area contributed by atoms with E-state index in [4.69, 9.17) is 0 Å². The minimum absolute atomic E-state index is 0.129. The number of rotatable bonds is 4. The number of hydrogen-bond donors (Lipinski definition) is 4. The number of H-pyrrole nitrogens is 1. The lowest BCUT2D eigenvalue weighted by Crippen LogP contribution is -2.51. The van der Waals surface area contributed by atoms with Crippen molar-refractivity contribution in [2.75, 3.05) is 0 Å². The molecule has 1 fully saturated rings. The van der Waals surface area contributed by atoms with Crippen molar-refractivity contribution in [1.82, 2.24) is 25.7 Å². The van der Waals surface area contributed by atoms with E-state index in [1.165, 1.54) is 0 Å². The number of benzene rings is 1. The number of hydrogen-bond acceptors (Lipinski definition) is 6. The van der Waals surface area contributed by atoms with Crippen molar-refractivity contribution < 1.29 is 23.4 Å². The summed E-state index contributed by atoms with van der Waals surface area (Å²) in [4.78, 5) is 0. The van der Waals surface area contributed by atoms with Gasteiger partial charge in [-0.2, -0.15) is 23.4 Å². The lowest BCUT2D eigenvalue weighted by Gasteiger charge is -2.41. The second-order valence-corrected chi connectivity index (χ2v) is 7.37. The molecule has 0 aliphatic heterocycles. The van der Waals surface area contributed by atoms with Gasteiger partial charge in [0, 0.05) is 23.5 Å². The first-order chi connectivity index (χ1) is 13.1. The number of phenolic OH excluding ortho intramolecular Hbond substituents is 1. The summed E-state index contributed by atoms with van der Waals surface area (Å²) in [5, 5.41) is 38.9. The van der Waals surface area contributed by atoms with Gasteiger partial charge in [0.25, 0.3) is 0 Å². The average molecular weight is 393 g/mol. The minimum Gasteiger partial charge on any atom is -0.507 e. The quantitative estimate of drug-likeness (QED) is 0.543. The highest BCUT2D eigenvalue weighted by molar-refractivity contribution is 5.93. The molecule has 2 aromatic heterocycles. The van der Waals surface area contributed by atoms with E-state index in [1.807, 2.05) is 0 Å². The molecule has 0 unspecified atom stereocenters. The van der Waals surface area contributed by atoms with Gasteiger partial charge in [-0.3, -0.25) is 5.10 Å². The molecule has 0 saturated heterocycles. The zero-order chi connectivity index (χ0) is 20.1. The number of fused-ring (bicyclic) bond motifs is 1. The van der Waals surface area contributed by atoms with E-state index in [9.17, 15) is 23.4 Å². The molecule has 0 bridgehead atoms. The van der Waals surface area contributed by atoms with E-state index in [1.54, 1.807) is 13.1 Å². The Hall–Kier alpha value is -2.72. The smallest absolute Gasteiger partial charge is 0.416 e. The molecule has 1 aliphatic rings. The largest absolute Gasteiger partial charge is 0.507 e. The maximum absolute atomic E-state index is 12.8. The highest BCUT2D eigenvalue weighted by atomic mass is 19.4. The van der Waals surface area contributed by atoms with Crippen molar-refractivity contribution in [3.05, 3.63) is 35.7 Å². The second-order valence-electron chi connectivity index (χ2n) is 7.37. The van der Waals surface area contributed by atoms with E-state index in [0.29, 0.717) is 42.0 Å². The lowest BCUT2D eigenvalue weighted by molar-refractivity contribution is -0.137. The first-order valence-electron chi connectivity index (χ1n) is 8.69. The Bertz CT molecular complexity index is 1020. The Labute approximate surface area is 157 Å². The van der Waals surface area contributed by atoms with E-state index < -0.39 is 23.1 Å². The van der Waals surface area contributed by atoms with Gasteiger partial charge in [0.05, 0.1) is 28.6 Å². The molecule has 1 aromatic carbocycles. The number of phenols is 1. The van der Waals surface area contributed by atoms with Crippen LogP contribution >= 0.6 is 0 Å². The molecule has 148 valence electrons. The Morgan fingerprint density at radius 2 is 2.04 bits per heavy atom. The van der Waals surface area contributed by atoms with Crippen molar-refractivity contribution in [2.45, 2.75) is 44.1 Å². The molecule has 10 heteroatoms. The fourth-order valence-corrected chi connectivity index (χ4v) is 3.51. The highest BCUT2D eigenvalue weighted by Gasteiger charge is 2.38. The van der Waals surface area contributed by atoms with Crippen LogP contribution in [-0.2, 0) is 12.7 Å². The van der Waals surface area contributed by atoms with Gasteiger partial charge in [-0.1, -0.05) is 0 Å². The van der Waals surface area contributed by atoms with Gasteiger partial charge in [0.15, 0.2) is 0 Å². The Balaban J connectivity index is 1.62. The number of aromatic nitrogens is 4. The molecule has 28 heavy (non-hydrogen) atoms. The summed E-state index contributed by atoms with van der Waals surface area (Å²) in [6.45, 7) is 2.19. The third-order valence-electron chi connectivity index (χ3n) is 4.97. The first kappa shape index (κ1) is 18.6. The summed E-state index contributed by atoms with van der Waals surface area (Å²) in [7, 11) is 0. The van der Waals surface area contributed by atoms with Crippen molar-refractivity contribution in [1.29, 1.82) is 0 Å². The number of nitrogens with one attached hydrogen (secondary N) is 2. The fraction of sp³-hybridized carbons (Fsp3) is 0.389. The monoisotopic (exact) mass is 393 g/mol. The number of aromatic hydroxyl groups is 1. The van der Waals surface area contributed by atoms with Crippen LogP contribution in [0.2, 0.25) is 0 Å². The third kappa shape index (κ3) is 3.40. The molecule has 7 nitrogen and oxygen atoms in total. The molecular formula is C18H18F3N5O2. The second kappa shape index (κ2) is 6.42. The van der Waals surface area contributed by atoms with Crippen LogP contribution in [-0.4, -0.2) is 42.3 Å². The molecular weight excluding hydrogens is 375 g/mol. The van der Waals surface area contributed by atoms with Crippen LogP contribution in [0.25, 0.3) is 22.2 Å². The van der Waals surface area contributed by atoms with Crippen LogP contribution in [0.5, 0.6) is 5.75 Å². The molecule has 4 N–H and O–H groups in total. The summed E-state index contributed by atoms with van der Waals surface area (Å²) in [5.41, 5.74) is -0.149. The normalized spacial score (nSPS) is 22.4. The zero-order valence-electron chi connectivity index (χ0n) is 14.9. The molecule has 1 saturated carbocycles. The Morgan fingerprint density at radius 1 is 1.29 bits per heavy atom. The number of nitrogens with zero attached hydrogens (tertiary/aromatic N) is 3. The maximum Gasteiger partial charge on any atom is 0.416 e. The van der Waals surface area contributed by atoms with Crippen molar-refractivity contribution >= 4 is 10.9 Å². The minimum atomic E-state index is -4.55. The standard InChI is InChI=1S/C18H18F3N5O2/c1-17(28)5-10(6-17)22-8-13-12-7-23-25-16(12)15(26-24-13)11-3-2-9(4-14(11)27)18(19,20)21/h2-4,7,10,22,27-28H,5-6,8H2,1H3,(H,23,25). The number of aromatic amines is 1. The summed E-state index contributed by atoms with van der Waals surface area (Å²) >= 11 is 0. The molecule has 0 spiro atoms. The van der Waals surface area contributed by atoms with Gasteiger partial charge in [-0.25, -0.2) is 0 Å². The van der Waals surface area contributed by atoms with Crippen LogP contribution in [0.3, 0.4) is 0 Å². The van der Waals surface area contributed by atoms with Crippen LogP contribution in [0.15, 0.2) is 24.4 Å². The molecule has 3 aromatic rings. The van der Waals surface area contributed by atoms with Crippen LogP contribution < -0.4 is 5.32 Å². The molecule has 2 heterocycles. The number of aliphatic hydroxyl groups is 1. The lowest BCUT2D eigenvalue weighted by atomic mass is 9.77. The highest BCUT2D eigenvalue weighted by Crippen LogP contribution is 2.38. The molecule has 1 aliphatic carbocycles. The maximum atomic E-state index is 12.8. The third-order valence-corrected chi connectivity index (χ3v) is 4.97. The van der Waals surface area contributed by atoms with Crippen molar-refractivity contribution in [3.8, 4) is 17.0 Å². The van der Waals surface area contributed by atoms with Gasteiger partial charge in [-0.05, 0) is 38.0 Å². The zero-order valence-corrected chi connectivity index (χ0v) is 14.9. The molecule has 4 rings (SSSR count). The first-order valence-corrected chi connectivity index (χ1v) is 8.69. The van der Waals surface area contributed by atoms with Gasteiger partial charge in [0.1, 0.15) is 11.4 Å². The van der Waals surface area contributed by atoms with Crippen LogP contribution in [0.1, 0.15) is 31.0 Å². The number of halogens is 3. The molecule has 0 amide bonds. The van der Waals surface area contributed by atoms with Gasteiger partial charge in [-0.15, -0.1) is 5.10 Å². The molecule has 0 radical (unpaired) electrons. The van der Waals surface area contributed by atoms with Gasteiger partial charge in [0.2, 0.25) is 0 Å². The topological polar surface area (TPSA) is 107 Å². The van der Waals surface area contributed by atoms with Crippen LogP contribution in [0.4, 0.5) is 13.2 Å². The summed E-state index contributed by atoms with van der Waals surface area (Å²) in [6, 6.07) is 2.89. The van der Waals surface area contributed by atoms with E-state index in [0.717, 1.165) is 12.1 Å². The van der Waals surface area contributed by atoms with Gasteiger partial charge >= 0.3 is 6.18 Å². The van der Waals surface area contributed by atoms with Crippen LogP contribution in [0, 0.1) is 0 Å². The van der Waals surface area contributed by atoms with Crippen molar-refractivity contribution in [2.24, 2.45) is 0 Å². The van der Waals surface area contributed by atoms with E-state index in [-0.39, 0.29) is 17.3 Å². The van der Waals surface area contributed by atoms with Gasteiger partial charge < -0.3 is 15.5 Å². The predicted molar refractivity (Wildman–Crippen MR) is 94.3 cm³/mol. The summed E-state index contributed by atoms with van der Waals surface area (Å²) < 4.78 is 38.4. The Kier molecular flexibility index (Phi) is 4.27. The van der Waals surface area contributed by atoms with Crippen molar-refractivity contribution in [3.63, 3.8) is 0 Å². The molecule has 0 atom stereocenters. The summed E-state index contributed by atoms with van der Waals surface area (Å²) in [6.07, 6.45) is -1.70. The number of alkyl halides is 3. The average Bonchev–Trinajstić information content (AvgIpc) is 3.07. The van der Waals surface area contributed by atoms with E-state index >= 15 is 0 Å². The summed E-state index contributed by atoms with van der Waals surface area (Å²) in [5.74, 6) is -0.539. The predicted octanol–water partition coefficient (Wildman–Crippen LogP) is 2.75. The fourth-order valence-electron chi connectivity index (χ4n) is 3.51. The Morgan fingerprint density at radius 3 is 2.68 bits per heavy atom. The SMILES string of the molecule is CC1(O)CC(NCc2nnc(-c3ccc(C(F)(F)F)cc3O)c3[nH]ncc23)C1. The van der Waals surface area contributed by atoms with E-state index in [2.05, 4.69) is 25.7 Å².